The van der Waals surface area contributed by atoms with E-state index >= 15 is 0 Å². The fourth-order valence-corrected chi connectivity index (χ4v) is 2.88. The molecule has 0 radical (unpaired) electrons. The number of rotatable bonds is 4. The lowest BCUT2D eigenvalue weighted by Gasteiger charge is -2.31. The molecule has 0 unspecified atom stereocenters. The zero-order chi connectivity index (χ0) is 14.7. The molecule has 1 aromatic heterocycles. The Morgan fingerprint density at radius 3 is 2.67 bits per heavy atom. The van der Waals surface area contributed by atoms with E-state index in [4.69, 9.17) is 5.11 Å². The van der Waals surface area contributed by atoms with Crippen molar-refractivity contribution in [3.05, 3.63) is 30.5 Å². The number of aliphatic hydroxyl groups excluding tert-OH is 1. The lowest BCUT2D eigenvalue weighted by molar-refractivity contribution is 0.304. The Morgan fingerprint density at radius 2 is 1.95 bits per heavy atom. The van der Waals surface area contributed by atoms with E-state index in [0.29, 0.717) is 6.54 Å². The lowest BCUT2D eigenvalue weighted by Crippen LogP contribution is -2.43. The predicted molar refractivity (Wildman–Crippen MR) is 87.2 cm³/mol. The van der Waals surface area contributed by atoms with Gasteiger partial charge in [0.25, 0.3) is 0 Å². The van der Waals surface area contributed by atoms with E-state index in [1.54, 1.807) is 0 Å². The highest BCUT2D eigenvalue weighted by molar-refractivity contribution is 6.00. The Balaban J connectivity index is 2.05. The van der Waals surface area contributed by atoms with E-state index in [1.165, 1.54) is 11.1 Å². The summed E-state index contributed by atoms with van der Waals surface area (Å²) in [5.41, 5.74) is 1.20. The standard InChI is InChI=1S/C16H22N4O/c1-19(10-11-21)16-14-5-3-2-4-13(14)15(12-18-16)20-8-6-17-7-9-20/h2-5,12,17,21H,6-11H2,1H3. The van der Waals surface area contributed by atoms with Gasteiger partial charge in [-0.3, -0.25) is 0 Å². The Labute approximate surface area is 125 Å². The van der Waals surface area contributed by atoms with E-state index in [-0.39, 0.29) is 6.61 Å². The molecule has 3 rings (SSSR count). The van der Waals surface area contributed by atoms with Gasteiger partial charge in [0.1, 0.15) is 5.82 Å². The molecule has 1 aromatic carbocycles. The predicted octanol–water partition coefficient (Wildman–Crippen LogP) is 1.07. The van der Waals surface area contributed by atoms with Crippen LogP contribution < -0.4 is 15.1 Å². The number of nitrogens with zero attached hydrogens (tertiary/aromatic N) is 3. The van der Waals surface area contributed by atoms with Crippen molar-refractivity contribution in [2.75, 3.05) is 56.2 Å². The molecule has 112 valence electrons. The Hall–Kier alpha value is -1.85. The highest BCUT2D eigenvalue weighted by atomic mass is 16.3. The number of nitrogens with one attached hydrogen (secondary N) is 1. The molecule has 0 aliphatic carbocycles. The van der Waals surface area contributed by atoms with Crippen molar-refractivity contribution in [1.82, 2.24) is 10.3 Å². The largest absolute Gasteiger partial charge is 0.395 e. The molecule has 0 amide bonds. The van der Waals surface area contributed by atoms with Crippen LogP contribution in [0.15, 0.2) is 30.5 Å². The van der Waals surface area contributed by atoms with Crippen molar-refractivity contribution >= 4 is 22.3 Å². The molecular formula is C16H22N4O. The molecule has 21 heavy (non-hydrogen) atoms. The first-order valence-corrected chi connectivity index (χ1v) is 7.46. The monoisotopic (exact) mass is 286 g/mol. The quantitative estimate of drug-likeness (QED) is 0.880. The SMILES string of the molecule is CN(CCO)c1ncc(N2CCNCC2)c2ccccc12. The van der Waals surface area contributed by atoms with Gasteiger partial charge in [-0.25, -0.2) is 4.98 Å². The summed E-state index contributed by atoms with van der Waals surface area (Å²) < 4.78 is 0. The molecule has 1 aliphatic heterocycles. The van der Waals surface area contributed by atoms with Crippen molar-refractivity contribution in [2.24, 2.45) is 0 Å². The summed E-state index contributed by atoms with van der Waals surface area (Å²) >= 11 is 0. The van der Waals surface area contributed by atoms with Crippen LogP contribution in [-0.4, -0.2) is 56.5 Å². The van der Waals surface area contributed by atoms with Gasteiger partial charge in [-0.15, -0.1) is 0 Å². The molecule has 2 N–H and O–H groups in total. The van der Waals surface area contributed by atoms with Crippen LogP contribution in [-0.2, 0) is 0 Å². The maximum atomic E-state index is 9.14. The third-order valence-corrected chi connectivity index (χ3v) is 4.01. The smallest absolute Gasteiger partial charge is 0.136 e. The van der Waals surface area contributed by atoms with Crippen molar-refractivity contribution in [1.29, 1.82) is 0 Å². The number of pyridine rings is 1. The number of piperazine rings is 1. The molecule has 0 spiro atoms. The van der Waals surface area contributed by atoms with Crippen molar-refractivity contribution < 1.29 is 5.11 Å². The van der Waals surface area contributed by atoms with Gasteiger partial charge in [-0.05, 0) is 0 Å². The third kappa shape index (κ3) is 2.80. The number of likely N-dealkylation sites (N-methyl/N-ethyl adjacent to an activating group) is 1. The molecule has 5 nitrogen and oxygen atoms in total. The topological polar surface area (TPSA) is 51.6 Å². The summed E-state index contributed by atoms with van der Waals surface area (Å²) in [5, 5.41) is 14.9. The van der Waals surface area contributed by atoms with Gasteiger partial charge in [0.2, 0.25) is 0 Å². The zero-order valence-electron chi connectivity index (χ0n) is 12.4. The summed E-state index contributed by atoms with van der Waals surface area (Å²) in [5.74, 6) is 0.929. The molecule has 5 heteroatoms. The highest BCUT2D eigenvalue weighted by Crippen LogP contribution is 2.31. The van der Waals surface area contributed by atoms with Gasteiger partial charge < -0.3 is 20.2 Å². The average molecular weight is 286 g/mol. The van der Waals surface area contributed by atoms with Crippen molar-refractivity contribution in [2.45, 2.75) is 0 Å². The minimum Gasteiger partial charge on any atom is -0.395 e. The number of anilines is 2. The molecule has 1 aliphatic rings. The summed E-state index contributed by atoms with van der Waals surface area (Å²) in [7, 11) is 1.97. The molecule has 1 saturated heterocycles. The summed E-state index contributed by atoms with van der Waals surface area (Å²) in [4.78, 5) is 9.05. The van der Waals surface area contributed by atoms with E-state index in [0.717, 1.165) is 37.4 Å². The van der Waals surface area contributed by atoms with Crippen LogP contribution in [0.1, 0.15) is 0 Å². The molecule has 0 atom stereocenters. The van der Waals surface area contributed by atoms with Crippen LogP contribution >= 0.6 is 0 Å². The van der Waals surface area contributed by atoms with Gasteiger partial charge in [0.05, 0.1) is 18.5 Å². The maximum Gasteiger partial charge on any atom is 0.136 e. The van der Waals surface area contributed by atoms with Crippen LogP contribution in [0.5, 0.6) is 0 Å². The van der Waals surface area contributed by atoms with Gasteiger partial charge in [-0.2, -0.15) is 0 Å². The molecule has 0 bridgehead atoms. The zero-order valence-corrected chi connectivity index (χ0v) is 12.4. The van der Waals surface area contributed by atoms with Crippen molar-refractivity contribution in [3.63, 3.8) is 0 Å². The number of aromatic nitrogens is 1. The number of benzene rings is 1. The molecule has 2 aromatic rings. The first-order valence-electron chi connectivity index (χ1n) is 7.46. The van der Waals surface area contributed by atoms with Gasteiger partial charge in [0.15, 0.2) is 0 Å². The molecule has 0 saturated carbocycles. The van der Waals surface area contributed by atoms with Gasteiger partial charge >= 0.3 is 0 Å². The molecular weight excluding hydrogens is 264 g/mol. The number of hydrogen-bond donors (Lipinski definition) is 2. The second-order valence-corrected chi connectivity index (χ2v) is 5.39. The Bertz CT molecular complexity index is 610. The summed E-state index contributed by atoms with van der Waals surface area (Å²) in [6, 6.07) is 8.38. The fourth-order valence-electron chi connectivity index (χ4n) is 2.88. The summed E-state index contributed by atoms with van der Waals surface area (Å²) in [6.07, 6.45) is 1.97. The molecule has 1 fully saturated rings. The lowest BCUT2D eigenvalue weighted by atomic mass is 10.1. The fraction of sp³-hybridized carbons (Fsp3) is 0.438. The second-order valence-electron chi connectivity index (χ2n) is 5.39. The first-order chi connectivity index (χ1) is 10.3. The average Bonchev–Trinajstić information content (AvgIpc) is 2.55. The van der Waals surface area contributed by atoms with Crippen LogP contribution in [0.25, 0.3) is 10.8 Å². The van der Waals surface area contributed by atoms with Crippen LogP contribution in [0.4, 0.5) is 11.5 Å². The van der Waals surface area contributed by atoms with Gasteiger partial charge in [-0.1, -0.05) is 24.3 Å². The van der Waals surface area contributed by atoms with Crippen LogP contribution in [0.3, 0.4) is 0 Å². The van der Waals surface area contributed by atoms with E-state index < -0.39 is 0 Å². The van der Waals surface area contributed by atoms with Gasteiger partial charge in [0, 0.05) is 50.5 Å². The third-order valence-electron chi connectivity index (χ3n) is 4.01. The Morgan fingerprint density at radius 1 is 1.24 bits per heavy atom. The van der Waals surface area contributed by atoms with E-state index in [1.807, 2.05) is 24.2 Å². The number of fused-ring (bicyclic) bond motifs is 1. The summed E-state index contributed by atoms with van der Waals surface area (Å²) in [6.45, 7) is 4.77. The van der Waals surface area contributed by atoms with E-state index in [9.17, 15) is 0 Å². The minimum atomic E-state index is 0.131. The van der Waals surface area contributed by atoms with Crippen LogP contribution in [0.2, 0.25) is 0 Å². The number of aliphatic hydroxyl groups is 1. The van der Waals surface area contributed by atoms with E-state index in [2.05, 4.69) is 33.4 Å². The maximum absolute atomic E-state index is 9.14. The molecule has 2 heterocycles. The highest BCUT2D eigenvalue weighted by Gasteiger charge is 2.16. The van der Waals surface area contributed by atoms with Crippen molar-refractivity contribution in [3.8, 4) is 0 Å². The second kappa shape index (κ2) is 6.28. The van der Waals surface area contributed by atoms with Crippen LogP contribution in [0, 0.1) is 0 Å². The normalized spacial score (nSPS) is 15.4. The first kappa shape index (κ1) is 14.1. The minimum absolute atomic E-state index is 0.131. The Kier molecular flexibility index (Phi) is 4.22. The number of hydrogen-bond acceptors (Lipinski definition) is 5.